The molecule has 7 rings (SSSR count). The van der Waals surface area contributed by atoms with Gasteiger partial charge < -0.3 is 5.32 Å². The maximum atomic E-state index is 4.84. The molecule has 0 fully saturated rings. The van der Waals surface area contributed by atoms with E-state index in [1.54, 1.807) is 11.3 Å². The summed E-state index contributed by atoms with van der Waals surface area (Å²) < 4.78 is 1.24. The van der Waals surface area contributed by atoms with Crippen molar-refractivity contribution in [2.75, 3.05) is 5.32 Å². The number of nitrogens with one attached hydrogen (secondary N) is 1. The van der Waals surface area contributed by atoms with Crippen molar-refractivity contribution in [2.45, 2.75) is 55.2 Å². The molecule has 0 atom stereocenters. The molecule has 42 heavy (non-hydrogen) atoms. The van der Waals surface area contributed by atoms with Crippen molar-refractivity contribution < 1.29 is 0 Å². The minimum Gasteiger partial charge on any atom is -0.355 e. The van der Waals surface area contributed by atoms with E-state index in [0.29, 0.717) is 0 Å². The lowest BCUT2D eigenvalue weighted by Gasteiger charge is -2.36. The van der Waals surface area contributed by atoms with Crippen LogP contribution in [0.5, 0.6) is 0 Å². The highest BCUT2D eigenvalue weighted by Gasteiger charge is 2.33. The number of hydrogen-bond donors (Lipinski definition) is 1. The zero-order chi connectivity index (χ0) is 29.1. The van der Waals surface area contributed by atoms with E-state index in [2.05, 4.69) is 142 Å². The largest absolute Gasteiger partial charge is 0.355 e. The zero-order valence-corrected chi connectivity index (χ0v) is 26.3. The lowest BCUT2D eigenvalue weighted by Crippen LogP contribution is -2.26. The number of rotatable bonds is 4. The van der Waals surface area contributed by atoms with E-state index < -0.39 is 0 Å². The first kappa shape index (κ1) is 27.0. The third-order valence-electron chi connectivity index (χ3n) is 8.39. The maximum absolute atomic E-state index is 4.84. The van der Waals surface area contributed by atoms with Crippen LogP contribution in [0.3, 0.4) is 0 Å². The van der Waals surface area contributed by atoms with Gasteiger partial charge in [-0.2, -0.15) is 0 Å². The fraction of sp³-hybridized carbons (Fsp3) is 0.184. The summed E-state index contributed by atoms with van der Waals surface area (Å²) >= 11 is 3.59. The van der Waals surface area contributed by atoms with E-state index in [1.165, 1.54) is 64.6 Å². The fourth-order valence-corrected chi connectivity index (χ4v) is 7.94. The van der Waals surface area contributed by atoms with Crippen molar-refractivity contribution in [3.05, 3.63) is 125 Å². The molecule has 0 radical (unpaired) electrons. The summed E-state index contributed by atoms with van der Waals surface area (Å²) in [6, 6.07) is 35.6. The molecule has 0 saturated carbocycles. The van der Waals surface area contributed by atoms with Crippen molar-refractivity contribution in [3.8, 4) is 22.4 Å². The Labute approximate surface area is 256 Å². The molecule has 6 aromatic rings. The van der Waals surface area contributed by atoms with Crippen LogP contribution in [0.2, 0.25) is 0 Å². The Morgan fingerprint density at radius 3 is 2.40 bits per heavy atom. The molecule has 4 aromatic carbocycles. The Morgan fingerprint density at radius 2 is 1.55 bits per heavy atom. The number of para-hydroxylation sites is 2. The van der Waals surface area contributed by atoms with Crippen LogP contribution < -0.4 is 5.32 Å². The summed E-state index contributed by atoms with van der Waals surface area (Å²) in [5, 5.41) is 7.18. The molecule has 0 unspecified atom stereocenters. The van der Waals surface area contributed by atoms with Gasteiger partial charge in [0.1, 0.15) is 0 Å². The Kier molecular flexibility index (Phi) is 6.52. The van der Waals surface area contributed by atoms with Crippen LogP contribution >= 0.6 is 23.1 Å². The second-order valence-corrected chi connectivity index (χ2v) is 14.7. The number of benzene rings is 4. The van der Waals surface area contributed by atoms with E-state index >= 15 is 0 Å². The number of aromatic nitrogens is 1. The van der Waals surface area contributed by atoms with Gasteiger partial charge >= 0.3 is 0 Å². The van der Waals surface area contributed by atoms with E-state index in [-0.39, 0.29) is 10.8 Å². The van der Waals surface area contributed by atoms with Gasteiger partial charge in [-0.3, -0.25) is 4.98 Å². The monoisotopic (exact) mass is 582 g/mol. The topological polar surface area (TPSA) is 24.9 Å². The number of anilines is 2. The van der Waals surface area contributed by atoms with E-state index in [1.807, 2.05) is 18.0 Å². The van der Waals surface area contributed by atoms with Gasteiger partial charge in [0.15, 0.2) is 0 Å². The van der Waals surface area contributed by atoms with Gasteiger partial charge in [0.05, 0.1) is 16.1 Å². The van der Waals surface area contributed by atoms with Gasteiger partial charge in [0.25, 0.3) is 0 Å². The van der Waals surface area contributed by atoms with Gasteiger partial charge in [-0.05, 0) is 87.0 Å². The van der Waals surface area contributed by atoms with Crippen molar-refractivity contribution in [1.29, 1.82) is 0 Å². The summed E-state index contributed by atoms with van der Waals surface area (Å²) in [4.78, 5) is 7.29. The molecule has 1 aliphatic heterocycles. The number of pyridine rings is 1. The van der Waals surface area contributed by atoms with Gasteiger partial charge in [0, 0.05) is 38.2 Å². The highest BCUT2D eigenvalue weighted by Crippen LogP contribution is 2.49. The molecule has 1 N–H and O–H groups in total. The lowest BCUT2D eigenvalue weighted by atomic mass is 9.73. The van der Waals surface area contributed by atoms with Crippen LogP contribution in [-0.4, -0.2) is 4.98 Å². The number of fused-ring (bicyclic) bond motifs is 3. The second-order valence-electron chi connectivity index (χ2n) is 12.6. The molecule has 4 heteroatoms. The van der Waals surface area contributed by atoms with Gasteiger partial charge in [0.2, 0.25) is 0 Å². The maximum Gasteiger partial charge on any atom is 0.0880 e. The van der Waals surface area contributed by atoms with Crippen molar-refractivity contribution in [2.24, 2.45) is 0 Å². The first-order valence-electron chi connectivity index (χ1n) is 14.4. The van der Waals surface area contributed by atoms with E-state index in [4.69, 9.17) is 4.98 Å². The normalized spacial score (nSPS) is 13.8. The average molecular weight is 583 g/mol. The van der Waals surface area contributed by atoms with Gasteiger partial charge in [-0.25, -0.2) is 0 Å². The average Bonchev–Trinajstić information content (AvgIpc) is 3.46. The van der Waals surface area contributed by atoms with Crippen LogP contribution in [-0.2, 0) is 10.8 Å². The van der Waals surface area contributed by atoms with Crippen LogP contribution in [0.15, 0.2) is 118 Å². The smallest absolute Gasteiger partial charge is 0.0880 e. The minimum atomic E-state index is -0.0806. The molecule has 0 saturated heterocycles. The highest BCUT2D eigenvalue weighted by molar-refractivity contribution is 7.99. The van der Waals surface area contributed by atoms with Gasteiger partial charge in [-0.15, -0.1) is 11.3 Å². The van der Waals surface area contributed by atoms with Crippen molar-refractivity contribution in [1.82, 2.24) is 4.98 Å². The summed E-state index contributed by atoms with van der Waals surface area (Å²) in [5.74, 6) is 0. The summed E-state index contributed by atoms with van der Waals surface area (Å²) in [5.41, 5.74) is 11.0. The summed E-state index contributed by atoms with van der Waals surface area (Å²) in [7, 11) is 0. The Morgan fingerprint density at radius 1 is 0.762 bits per heavy atom. The van der Waals surface area contributed by atoms with Crippen LogP contribution in [0.25, 0.3) is 32.5 Å². The fourth-order valence-electron chi connectivity index (χ4n) is 6.06. The quantitative estimate of drug-likeness (QED) is 0.224. The molecular formula is C38H34N2S2. The minimum absolute atomic E-state index is 0.0222. The molecule has 0 amide bonds. The molecule has 208 valence electrons. The Hall–Kier alpha value is -3.86. The predicted molar refractivity (Wildman–Crippen MR) is 182 cm³/mol. The van der Waals surface area contributed by atoms with Gasteiger partial charge in [-0.1, -0.05) is 94.9 Å². The summed E-state index contributed by atoms with van der Waals surface area (Å²) in [6.07, 6.45) is 1.93. The van der Waals surface area contributed by atoms with Crippen molar-refractivity contribution >= 4 is 44.6 Å². The highest BCUT2D eigenvalue weighted by atomic mass is 32.2. The van der Waals surface area contributed by atoms with Crippen LogP contribution in [0.4, 0.5) is 11.4 Å². The molecular weight excluding hydrogens is 549 g/mol. The third kappa shape index (κ3) is 4.73. The molecule has 3 heterocycles. The lowest BCUT2D eigenvalue weighted by molar-refractivity contribution is 0.589. The molecule has 0 bridgehead atoms. The van der Waals surface area contributed by atoms with E-state index in [0.717, 1.165) is 5.69 Å². The molecule has 1 aliphatic rings. The number of nitrogens with zero attached hydrogens (tertiary/aromatic N) is 1. The molecule has 0 spiro atoms. The molecule has 0 aliphatic carbocycles. The van der Waals surface area contributed by atoms with Crippen LogP contribution in [0, 0.1) is 0 Å². The Bertz CT molecular complexity index is 1960. The zero-order valence-electron chi connectivity index (χ0n) is 24.7. The first-order chi connectivity index (χ1) is 20.2. The first-order valence-corrected chi connectivity index (χ1v) is 16.1. The summed E-state index contributed by atoms with van der Waals surface area (Å²) in [6.45, 7) is 11.5. The van der Waals surface area contributed by atoms with Crippen LogP contribution in [0.1, 0.15) is 51.3 Å². The second kappa shape index (κ2) is 10.1. The number of hydrogen-bond acceptors (Lipinski definition) is 4. The Balaban J connectivity index is 1.29. The third-order valence-corrected chi connectivity index (χ3v) is 10.3. The SMILES string of the molecule is CC(C)(C)c1cc(Sc2cccc(-c3cccc4c3Nc3ccccc3C4(C)C)c2)cc(-c2nccc3ccsc23)c1. The standard InChI is InChI=1S/C38H34N2S2/c1-37(2,3)27-20-26(34-36-24(16-18-39-34)17-19-41-36)22-29(23-27)42-28-11-8-10-25(21-28)30-12-9-14-32-35(30)40-33-15-7-6-13-31(33)38(32,4)5/h6-23,40H,1-5H3. The van der Waals surface area contributed by atoms with Crippen molar-refractivity contribution in [3.63, 3.8) is 0 Å². The predicted octanol–water partition coefficient (Wildman–Crippen LogP) is 11.5. The molecule has 2 aromatic heterocycles. The van der Waals surface area contributed by atoms with E-state index in [9.17, 15) is 0 Å². The molecule has 2 nitrogen and oxygen atoms in total. The number of thiophene rings is 1.